The molecule has 1 fully saturated rings. The largest absolute Gasteiger partial charge is 0.351 e. The van der Waals surface area contributed by atoms with Crippen LogP contribution < -0.4 is 10.6 Å². The van der Waals surface area contributed by atoms with Crippen molar-refractivity contribution in [2.75, 3.05) is 10.6 Å². The molecular weight excluding hydrogens is 296 g/mol. The molecule has 5 heteroatoms. The van der Waals surface area contributed by atoms with Crippen LogP contribution in [0.25, 0.3) is 0 Å². The summed E-state index contributed by atoms with van der Waals surface area (Å²) in [6, 6.07) is 8.36. The standard InChI is InChI=1S/C17H21ClN4/c1-11-7-8-14(10-15(11)18)20-16-9-12(2)19-17(22-16)21-13-5-3-4-6-13/h7-10,13H,3-6H2,1-2H3,(H2,19,20,21,22). The van der Waals surface area contributed by atoms with Gasteiger partial charge < -0.3 is 10.6 Å². The number of aryl methyl sites for hydroxylation is 2. The monoisotopic (exact) mass is 316 g/mol. The third kappa shape index (κ3) is 3.69. The maximum Gasteiger partial charge on any atom is 0.225 e. The number of nitrogens with zero attached hydrogens (tertiary/aromatic N) is 2. The zero-order valence-corrected chi connectivity index (χ0v) is 13.7. The third-order valence-electron chi connectivity index (χ3n) is 3.99. The number of nitrogens with one attached hydrogen (secondary N) is 2. The first-order valence-corrected chi connectivity index (χ1v) is 8.13. The van der Waals surface area contributed by atoms with Gasteiger partial charge in [0.1, 0.15) is 5.82 Å². The first kappa shape index (κ1) is 15.1. The summed E-state index contributed by atoms with van der Waals surface area (Å²) in [7, 11) is 0. The Labute approximate surface area is 136 Å². The van der Waals surface area contributed by atoms with Crippen LogP contribution in [0.5, 0.6) is 0 Å². The summed E-state index contributed by atoms with van der Waals surface area (Å²) in [5.74, 6) is 1.49. The van der Waals surface area contributed by atoms with Gasteiger partial charge in [0.2, 0.25) is 5.95 Å². The topological polar surface area (TPSA) is 49.8 Å². The SMILES string of the molecule is Cc1cc(Nc2ccc(C)c(Cl)c2)nc(NC2CCCC2)n1. The molecule has 0 aliphatic heterocycles. The van der Waals surface area contributed by atoms with E-state index >= 15 is 0 Å². The summed E-state index contributed by atoms with van der Waals surface area (Å²) in [4.78, 5) is 9.05. The highest BCUT2D eigenvalue weighted by molar-refractivity contribution is 6.31. The third-order valence-corrected chi connectivity index (χ3v) is 4.39. The van der Waals surface area contributed by atoms with E-state index in [0.717, 1.165) is 27.8 Å². The highest BCUT2D eigenvalue weighted by atomic mass is 35.5. The zero-order valence-electron chi connectivity index (χ0n) is 13.0. The first-order chi connectivity index (χ1) is 10.6. The molecule has 22 heavy (non-hydrogen) atoms. The van der Waals surface area contributed by atoms with Crippen molar-refractivity contribution in [2.24, 2.45) is 0 Å². The van der Waals surface area contributed by atoms with Gasteiger partial charge in [0.15, 0.2) is 0 Å². The molecule has 1 aromatic carbocycles. The molecule has 116 valence electrons. The van der Waals surface area contributed by atoms with Gasteiger partial charge in [0.05, 0.1) is 0 Å². The predicted octanol–water partition coefficient (Wildman–Crippen LogP) is 4.84. The maximum absolute atomic E-state index is 6.17. The molecular formula is C17H21ClN4. The molecule has 0 spiro atoms. The van der Waals surface area contributed by atoms with Crippen molar-refractivity contribution in [3.8, 4) is 0 Å². The minimum atomic E-state index is 0.503. The van der Waals surface area contributed by atoms with Crippen LogP contribution in [0.2, 0.25) is 5.02 Å². The fraction of sp³-hybridized carbons (Fsp3) is 0.412. The van der Waals surface area contributed by atoms with Gasteiger partial charge in [-0.15, -0.1) is 0 Å². The lowest BCUT2D eigenvalue weighted by molar-refractivity contribution is 0.743. The summed E-state index contributed by atoms with van der Waals surface area (Å²) in [5.41, 5.74) is 2.94. The summed E-state index contributed by atoms with van der Waals surface area (Å²) in [5, 5.41) is 7.49. The summed E-state index contributed by atoms with van der Waals surface area (Å²) in [6.07, 6.45) is 4.98. The minimum absolute atomic E-state index is 0.503. The van der Waals surface area contributed by atoms with E-state index < -0.39 is 0 Å². The molecule has 1 heterocycles. The molecule has 0 amide bonds. The van der Waals surface area contributed by atoms with E-state index in [-0.39, 0.29) is 0 Å². The van der Waals surface area contributed by atoms with Crippen molar-refractivity contribution in [1.29, 1.82) is 0 Å². The van der Waals surface area contributed by atoms with Gasteiger partial charge in [-0.3, -0.25) is 0 Å². The fourth-order valence-corrected chi connectivity index (χ4v) is 2.95. The molecule has 0 unspecified atom stereocenters. The van der Waals surface area contributed by atoms with Gasteiger partial charge in [-0.05, 0) is 44.4 Å². The van der Waals surface area contributed by atoms with E-state index in [1.165, 1.54) is 25.7 Å². The Kier molecular flexibility index (Phi) is 4.48. The van der Waals surface area contributed by atoms with Crippen LogP contribution >= 0.6 is 11.6 Å². The Bertz CT molecular complexity index is 666. The molecule has 1 aliphatic rings. The number of anilines is 3. The van der Waals surface area contributed by atoms with Gasteiger partial charge in [0.25, 0.3) is 0 Å². The second-order valence-electron chi connectivity index (χ2n) is 5.93. The van der Waals surface area contributed by atoms with E-state index in [4.69, 9.17) is 11.6 Å². The summed E-state index contributed by atoms with van der Waals surface area (Å²) in [6.45, 7) is 3.97. The number of rotatable bonds is 4. The van der Waals surface area contributed by atoms with E-state index in [1.54, 1.807) is 0 Å². The van der Waals surface area contributed by atoms with E-state index in [1.807, 2.05) is 38.1 Å². The second kappa shape index (κ2) is 6.53. The molecule has 1 aliphatic carbocycles. The van der Waals surface area contributed by atoms with Crippen molar-refractivity contribution >= 4 is 29.1 Å². The predicted molar refractivity (Wildman–Crippen MR) is 92.1 cm³/mol. The Morgan fingerprint density at radius 3 is 2.59 bits per heavy atom. The Balaban J connectivity index is 1.77. The lowest BCUT2D eigenvalue weighted by Crippen LogP contribution is -2.17. The highest BCUT2D eigenvalue weighted by Gasteiger charge is 2.16. The van der Waals surface area contributed by atoms with Gasteiger partial charge in [-0.25, -0.2) is 4.98 Å². The quantitative estimate of drug-likeness (QED) is 0.847. The smallest absolute Gasteiger partial charge is 0.225 e. The second-order valence-corrected chi connectivity index (χ2v) is 6.34. The van der Waals surface area contributed by atoms with Gasteiger partial charge in [0, 0.05) is 28.5 Å². The molecule has 1 aromatic heterocycles. The van der Waals surface area contributed by atoms with E-state index in [2.05, 4.69) is 20.6 Å². The minimum Gasteiger partial charge on any atom is -0.351 e. The Morgan fingerprint density at radius 1 is 1.09 bits per heavy atom. The van der Waals surface area contributed by atoms with Gasteiger partial charge in [-0.2, -0.15) is 4.98 Å². The number of hydrogen-bond acceptors (Lipinski definition) is 4. The normalized spacial score (nSPS) is 15.0. The number of aromatic nitrogens is 2. The average molecular weight is 317 g/mol. The van der Waals surface area contributed by atoms with Crippen molar-refractivity contribution in [2.45, 2.75) is 45.6 Å². The highest BCUT2D eigenvalue weighted by Crippen LogP contribution is 2.24. The van der Waals surface area contributed by atoms with Crippen molar-refractivity contribution in [3.63, 3.8) is 0 Å². The van der Waals surface area contributed by atoms with E-state index in [0.29, 0.717) is 12.0 Å². The van der Waals surface area contributed by atoms with Crippen molar-refractivity contribution in [3.05, 3.63) is 40.5 Å². The van der Waals surface area contributed by atoms with Gasteiger partial charge >= 0.3 is 0 Å². The molecule has 0 atom stereocenters. The molecule has 0 saturated heterocycles. The molecule has 2 N–H and O–H groups in total. The van der Waals surface area contributed by atoms with Crippen LogP contribution in [0.15, 0.2) is 24.3 Å². The molecule has 0 bridgehead atoms. The number of halogens is 1. The fourth-order valence-electron chi connectivity index (χ4n) is 2.77. The van der Waals surface area contributed by atoms with Crippen molar-refractivity contribution < 1.29 is 0 Å². The van der Waals surface area contributed by atoms with Gasteiger partial charge in [-0.1, -0.05) is 30.5 Å². The van der Waals surface area contributed by atoms with Crippen LogP contribution in [0.4, 0.5) is 17.5 Å². The Morgan fingerprint density at radius 2 is 1.86 bits per heavy atom. The molecule has 0 radical (unpaired) electrons. The first-order valence-electron chi connectivity index (χ1n) is 7.75. The van der Waals surface area contributed by atoms with Crippen LogP contribution in [0, 0.1) is 13.8 Å². The van der Waals surface area contributed by atoms with E-state index in [9.17, 15) is 0 Å². The summed E-state index contributed by atoms with van der Waals surface area (Å²) < 4.78 is 0. The van der Waals surface area contributed by atoms with Crippen LogP contribution in [0.1, 0.15) is 36.9 Å². The number of benzene rings is 1. The summed E-state index contributed by atoms with van der Waals surface area (Å²) >= 11 is 6.17. The van der Waals surface area contributed by atoms with Crippen LogP contribution in [0.3, 0.4) is 0 Å². The Hall–Kier alpha value is -1.81. The maximum atomic E-state index is 6.17. The number of hydrogen-bond donors (Lipinski definition) is 2. The van der Waals surface area contributed by atoms with Crippen LogP contribution in [-0.4, -0.2) is 16.0 Å². The van der Waals surface area contributed by atoms with Crippen molar-refractivity contribution in [1.82, 2.24) is 9.97 Å². The lowest BCUT2D eigenvalue weighted by atomic mass is 10.2. The molecule has 1 saturated carbocycles. The van der Waals surface area contributed by atoms with Crippen LogP contribution in [-0.2, 0) is 0 Å². The average Bonchev–Trinajstić information content (AvgIpc) is 2.95. The zero-order chi connectivity index (χ0) is 15.5. The molecule has 2 aromatic rings. The lowest BCUT2D eigenvalue weighted by Gasteiger charge is -2.14. The molecule has 4 nitrogen and oxygen atoms in total. The molecule has 3 rings (SSSR count).